The Morgan fingerprint density at radius 3 is 3.09 bits per heavy atom. The Morgan fingerprint density at radius 1 is 1.55 bits per heavy atom. The molecule has 8 nitrogen and oxygen atoms in total. The van der Waals surface area contributed by atoms with E-state index in [9.17, 15) is 4.79 Å². The Bertz CT molecular complexity index is 440. The number of nitrogens with two attached hydrogens (primary N) is 1. The predicted octanol–water partition coefficient (Wildman–Crippen LogP) is -2.21. The standard InChI is InChI=1S/C3H3N7O/c4-1-5-2-6-9-7-3(11)10(2)8-1/h(H3,4,5,6,7,8,11). The van der Waals surface area contributed by atoms with Crippen molar-refractivity contribution in [2.45, 2.75) is 0 Å². The van der Waals surface area contributed by atoms with E-state index in [-0.39, 0.29) is 11.7 Å². The first kappa shape index (κ1) is 5.77. The zero-order chi connectivity index (χ0) is 7.84. The summed E-state index contributed by atoms with van der Waals surface area (Å²) in [6, 6.07) is 0. The number of anilines is 1. The number of H-pyrrole nitrogens is 1. The number of fused-ring (bicyclic) bond motifs is 1. The van der Waals surface area contributed by atoms with Crippen molar-refractivity contribution in [3.05, 3.63) is 10.5 Å². The monoisotopic (exact) mass is 153 g/mol. The lowest BCUT2D eigenvalue weighted by atomic mass is 11.0. The molecule has 0 saturated carbocycles. The minimum Gasteiger partial charge on any atom is -0.366 e. The highest BCUT2D eigenvalue weighted by Crippen LogP contribution is 1.90. The summed E-state index contributed by atoms with van der Waals surface area (Å²) in [5.74, 6) is 0.0854. The Labute approximate surface area is 59.1 Å². The van der Waals surface area contributed by atoms with Gasteiger partial charge in [0.25, 0.3) is 5.78 Å². The van der Waals surface area contributed by atoms with Crippen LogP contribution >= 0.6 is 0 Å². The molecule has 56 valence electrons. The third-order valence-electron chi connectivity index (χ3n) is 1.08. The van der Waals surface area contributed by atoms with Crippen LogP contribution in [0.2, 0.25) is 0 Å². The van der Waals surface area contributed by atoms with Gasteiger partial charge in [0, 0.05) is 0 Å². The molecule has 0 aliphatic rings. The minimum atomic E-state index is -0.515. The molecule has 0 fully saturated rings. The molecule has 0 aromatic carbocycles. The highest BCUT2D eigenvalue weighted by molar-refractivity contribution is 5.30. The van der Waals surface area contributed by atoms with Gasteiger partial charge in [-0.05, 0) is 0 Å². The van der Waals surface area contributed by atoms with Crippen LogP contribution in [0.25, 0.3) is 5.78 Å². The summed E-state index contributed by atoms with van der Waals surface area (Å²) in [6.07, 6.45) is 0. The van der Waals surface area contributed by atoms with Crippen molar-refractivity contribution in [2.24, 2.45) is 0 Å². The molecule has 0 unspecified atom stereocenters. The fraction of sp³-hybridized carbons (Fsp3) is 0. The summed E-state index contributed by atoms with van der Waals surface area (Å²) < 4.78 is 0.933. The number of nitrogens with zero attached hydrogens (tertiary/aromatic N) is 5. The molecule has 0 atom stereocenters. The third kappa shape index (κ3) is 0.723. The fourth-order valence-electron chi connectivity index (χ4n) is 0.680. The van der Waals surface area contributed by atoms with Crippen molar-refractivity contribution in [2.75, 3.05) is 5.73 Å². The van der Waals surface area contributed by atoms with Gasteiger partial charge in [-0.1, -0.05) is 10.3 Å². The fourth-order valence-corrected chi connectivity index (χ4v) is 0.680. The van der Waals surface area contributed by atoms with Crippen LogP contribution in [0.15, 0.2) is 4.79 Å². The molecule has 0 bridgehead atoms. The van der Waals surface area contributed by atoms with Gasteiger partial charge in [0.2, 0.25) is 5.95 Å². The van der Waals surface area contributed by atoms with E-state index in [1.54, 1.807) is 0 Å². The lowest BCUT2D eigenvalue weighted by Gasteiger charge is -1.82. The number of aromatic nitrogens is 6. The zero-order valence-corrected chi connectivity index (χ0v) is 5.22. The third-order valence-corrected chi connectivity index (χ3v) is 1.08. The van der Waals surface area contributed by atoms with Crippen molar-refractivity contribution in [3.8, 4) is 0 Å². The molecule has 2 aromatic heterocycles. The maximum absolute atomic E-state index is 10.8. The molecule has 0 amide bonds. The van der Waals surface area contributed by atoms with Crippen LogP contribution in [0.3, 0.4) is 0 Å². The lowest BCUT2D eigenvalue weighted by Crippen LogP contribution is -2.19. The van der Waals surface area contributed by atoms with Crippen LogP contribution in [-0.4, -0.2) is 30.0 Å². The maximum atomic E-state index is 10.8. The Balaban J connectivity index is 3.02. The molecule has 0 aliphatic heterocycles. The molecular weight excluding hydrogens is 150 g/mol. The van der Waals surface area contributed by atoms with Gasteiger partial charge < -0.3 is 5.73 Å². The van der Waals surface area contributed by atoms with Gasteiger partial charge in [-0.2, -0.15) is 4.98 Å². The molecule has 0 spiro atoms. The molecule has 2 rings (SSSR count). The van der Waals surface area contributed by atoms with Crippen LogP contribution in [0, 0.1) is 0 Å². The molecule has 3 N–H and O–H groups in total. The quantitative estimate of drug-likeness (QED) is 0.443. The Kier molecular flexibility index (Phi) is 0.916. The second-order valence-corrected chi connectivity index (χ2v) is 1.80. The van der Waals surface area contributed by atoms with E-state index in [1.807, 2.05) is 0 Å². The number of aromatic amines is 1. The number of hydrogen-bond donors (Lipinski definition) is 2. The minimum absolute atomic E-state index is 0.00370. The smallest absolute Gasteiger partial charge is 0.366 e. The van der Waals surface area contributed by atoms with Crippen LogP contribution in [0.1, 0.15) is 0 Å². The van der Waals surface area contributed by atoms with Gasteiger partial charge in [-0.3, -0.25) is 0 Å². The summed E-state index contributed by atoms with van der Waals surface area (Å²) in [5.41, 5.74) is 4.68. The van der Waals surface area contributed by atoms with E-state index >= 15 is 0 Å². The molecular formula is C3H3N7O. The van der Waals surface area contributed by atoms with Gasteiger partial charge in [0.05, 0.1) is 0 Å². The molecule has 0 saturated heterocycles. The second-order valence-electron chi connectivity index (χ2n) is 1.80. The van der Waals surface area contributed by atoms with Gasteiger partial charge in [-0.25, -0.2) is 9.89 Å². The van der Waals surface area contributed by atoms with Gasteiger partial charge in [-0.15, -0.1) is 9.61 Å². The molecule has 11 heavy (non-hydrogen) atoms. The number of nitrogens with one attached hydrogen (secondary N) is 1. The van der Waals surface area contributed by atoms with Crippen LogP contribution in [0.5, 0.6) is 0 Å². The number of hydrogen-bond acceptors (Lipinski definition) is 6. The van der Waals surface area contributed by atoms with Crippen molar-refractivity contribution >= 4 is 11.7 Å². The first-order valence-corrected chi connectivity index (χ1v) is 2.71. The van der Waals surface area contributed by atoms with E-state index in [1.165, 1.54) is 0 Å². The van der Waals surface area contributed by atoms with E-state index in [0.29, 0.717) is 0 Å². The summed E-state index contributed by atoms with van der Waals surface area (Å²) in [6.45, 7) is 0. The van der Waals surface area contributed by atoms with Crippen molar-refractivity contribution in [3.63, 3.8) is 0 Å². The molecule has 2 aromatic rings. The van der Waals surface area contributed by atoms with Gasteiger partial charge >= 0.3 is 5.69 Å². The van der Waals surface area contributed by atoms with E-state index < -0.39 is 5.69 Å². The topological polar surface area (TPSA) is 115 Å². The molecule has 8 heteroatoms. The highest BCUT2D eigenvalue weighted by atomic mass is 16.2. The average Bonchev–Trinajstić information content (AvgIpc) is 2.31. The first-order valence-electron chi connectivity index (χ1n) is 2.71. The largest absolute Gasteiger partial charge is 0.367 e. The summed E-state index contributed by atoms with van der Waals surface area (Å²) in [5, 5.41) is 12.4. The molecule has 0 radical (unpaired) electrons. The normalized spacial score (nSPS) is 10.5. The van der Waals surface area contributed by atoms with Gasteiger partial charge in [0.1, 0.15) is 0 Å². The first-order chi connectivity index (χ1) is 5.27. The lowest BCUT2D eigenvalue weighted by molar-refractivity contribution is 0.738. The second kappa shape index (κ2) is 1.75. The van der Waals surface area contributed by atoms with Crippen molar-refractivity contribution in [1.29, 1.82) is 0 Å². The summed E-state index contributed by atoms with van der Waals surface area (Å²) in [7, 11) is 0. The maximum Gasteiger partial charge on any atom is 0.367 e. The van der Waals surface area contributed by atoms with Gasteiger partial charge in [0.15, 0.2) is 0 Å². The van der Waals surface area contributed by atoms with Crippen molar-refractivity contribution in [1.82, 2.24) is 30.0 Å². The summed E-state index contributed by atoms with van der Waals surface area (Å²) >= 11 is 0. The Morgan fingerprint density at radius 2 is 2.36 bits per heavy atom. The molecule has 2 heterocycles. The SMILES string of the molecule is Nc1nc2nn[nH]c(=O)n2n1. The zero-order valence-electron chi connectivity index (χ0n) is 5.22. The number of rotatable bonds is 0. The van der Waals surface area contributed by atoms with E-state index in [2.05, 4.69) is 25.5 Å². The molecule has 0 aliphatic carbocycles. The van der Waals surface area contributed by atoms with Crippen molar-refractivity contribution < 1.29 is 0 Å². The number of nitrogen functional groups attached to an aromatic ring is 1. The Hall–Kier alpha value is -1.99. The van der Waals surface area contributed by atoms with Crippen LogP contribution in [0.4, 0.5) is 5.95 Å². The van der Waals surface area contributed by atoms with Crippen LogP contribution in [-0.2, 0) is 0 Å². The van der Waals surface area contributed by atoms with Crippen LogP contribution < -0.4 is 11.4 Å². The summed E-state index contributed by atoms with van der Waals surface area (Å²) in [4.78, 5) is 14.4. The predicted molar refractivity (Wildman–Crippen MR) is 33.6 cm³/mol. The average molecular weight is 153 g/mol. The van der Waals surface area contributed by atoms with E-state index in [4.69, 9.17) is 5.73 Å². The van der Waals surface area contributed by atoms with E-state index in [0.717, 1.165) is 4.52 Å². The highest BCUT2D eigenvalue weighted by Gasteiger charge is 2.02.